The van der Waals surface area contributed by atoms with Crippen molar-refractivity contribution in [1.29, 1.82) is 0 Å². The van der Waals surface area contributed by atoms with Crippen LogP contribution in [0.1, 0.15) is 48.5 Å². The molecule has 15 nitrogen and oxygen atoms in total. The van der Waals surface area contributed by atoms with Gasteiger partial charge < -0.3 is 52.1 Å². The molecule has 250 valence electrons. The Morgan fingerprint density at radius 3 is 1.84 bits per heavy atom. The Morgan fingerprint density at radius 2 is 1.27 bits per heavy atom. The lowest BCUT2D eigenvalue weighted by Crippen LogP contribution is -2.65. The van der Waals surface area contributed by atoms with Gasteiger partial charge in [0, 0.05) is 27.7 Å². The van der Waals surface area contributed by atoms with Crippen molar-refractivity contribution < 1.29 is 71.3 Å². The fourth-order valence-corrected chi connectivity index (χ4v) is 5.44. The smallest absolute Gasteiger partial charge is 0.303 e. The molecule has 1 aromatic carbocycles. The number of fused-ring (bicyclic) bond motifs is 1. The van der Waals surface area contributed by atoms with E-state index in [2.05, 4.69) is 0 Å². The lowest BCUT2D eigenvalue weighted by molar-refractivity contribution is -0.343. The van der Waals surface area contributed by atoms with Crippen LogP contribution in [0.5, 0.6) is 11.5 Å². The zero-order valence-electron chi connectivity index (χ0n) is 26.4. The van der Waals surface area contributed by atoms with Gasteiger partial charge in [-0.2, -0.15) is 0 Å². The van der Waals surface area contributed by atoms with Crippen LogP contribution in [0, 0.1) is 0 Å². The maximum Gasteiger partial charge on any atom is 0.303 e. The third kappa shape index (κ3) is 8.61. The molecule has 15 heteroatoms. The second kappa shape index (κ2) is 14.3. The summed E-state index contributed by atoms with van der Waals surface area (Å²) in [6.45, 7) is 9.40. The van der Waals surface area contributed by atoms with Crippen LogP contribution in [0.15, 0.2) is 24.3 Å². The van der Waals surface area contributed by atoms with E-state index in [0.29, 0.717) is 11.5 Å². The molecule has 0 spiro atoms. The molecule has 0 aromatic heterocycles. The van der Waals surface area contributed by atoms with Crippen LogP contribution in [-0.4, -0.2) is 105 Å². The minimum absolute atomic E-state index is 0.398. The number of rotatable bonds is 10. The summed E-state index contributed by atoms with van der Waals surface area (Å²) < 4.78 is 64.2. The lowest BCUT2D eigenvalue weighted by atomic mass is 9.96. The first kappa shape index (κ1) is 34.4. The van der Waals surface area contributed by atoms with E-state index in [-0.39, 0.29) is 0 Å². The van der Waals surface area contributed by atoms with Gasteiger partial charge in [0.1, 0.15) is 36.4 Å². The highest BCUT2D eigenvalue weighted by Crippen LogP contribution is 2.41. The third-order valence-corrected chi connectivity index (χ3v) is 7.12. The lowest BCUT2D eigenvalue weighted by Gasteiger charge is -2.47. The van der Waals surface area contributed by atoms with Crippen LogP contribution in [0.25, 0.3) is 0 Å². The molecule has 3 heterocycles. The predicted octanol–water partition coefficient (Wildman–Crippen LogP) is 1.81. The molecule has 3 aliphatic heterocycles. The number of carbonyl (C=O) groups excluding carboxylic acids is 4. The topological polar surface area (TPSA) is 170 Å². The second-order valence-corrected chi connectivity index (χ2v) is 11.2. The van der Waals surface area contributed by atoms with Crippen molar-refractivity contribution >= 4 is 23.9 Å². The maximum absolute atomic E-state index is 12.3. The van der Waals surface area contributed by atoms with Gasteiger partial charge in [-0.3, -0.25) is 19.2 Å². The monoisotopic (exact) mass is 640 g/mol. The molecule has 10 atom stereocenters. The Hall–Kier alpha value is -3.50. The normalized spacial score (nSPS) is 33.7. The van der Waals surface area contributed by atoms with Gasteiger partial charge in [-0.05, 0) is 45.0 Å². The summed E-state index contributed by atoms with van der Waals surface area (Å²) in [6.07, 6.45) is -10.8. The van der Waals surface area contributed by atoms with Crippen LogP contribution in [0.3, 0.4) is 0 Å². The average molecular weight is 641 g/mol. The Morgan fingerprint density at radius 1 is 0.711 bits per heavy atom. The molecule has 0 amide bonds. The fraction of sp³-hybridized carbons (Fsp3) is 0.667. The van der Waals surface area contributed by atoms with E-state index in [1.165, 1.54) is 6.92 Å². The second-order valence-electron chi connectivity index (χ2n) is 11.2. The number of ether oxygens (including phenoxy) is 11. The van der Waals surface area contributed by atoms with Crippen molar-refractivity contribution in [3.05, 3.63) is 24.3 Å². The van der Waals surface area contributed by atoms with Crippen LogP contribution in [-0.2, 0) is 61.8 Å². The van der Waals surface area contributed by atoms with E-state index in [0.717, 1.165) is 20.8 Å². The van der Waals surface area contributed by atoms with E-state index in [4.69, 9.17) is 52.1 Å². The van der Waals surface area contributed by atoms with Crippen LogP contribution in [0.4, 0.5) is 0 Å². The van der Waals surface area contributed by atoms with Crippen molar-refractivity contribution in [2.24, 2.45) is 0 Å². The molecular weight excluding hydrogens is 600 g/mol. The molecule has 0 radical (unpaired) electrons. The summed E-state index contributed by atoms with van der Waals surface area (Å²) in [5.74, 6) is -2.81. The van der Waals surface area contributed by atoms with E-state index in [1.807, 2.05) is 0 Å². The van der Waals surface area contributed by atoms with Crippen molar-refractivity contribution in [1.82, 2.24) is 0 Å². The molecule has 1 aromatic rings. The summed E-state index contributed by atoms with van der Waals surface area (Å²) in [5, 5.41) is 0. The zero-order valence-corrected chi connectivity index (χ0v) is 26.4. The van der Waals surface area contributed by atoms with Gasteiger partial charge >= 0.3 is 23.9 Å². The van der Waals surface area contributed by atoms with Crippen LogP contribution in [0.2, 0.25) is 0 Å². The number of hydrogen-bond donors (Lipinski definition) is 0. The summed E-state index contributed by atoms with van der Waals surface area (Å²) in [6, 6.07) is 6.93. The number of esters is 4. The van der Waals surface area contributed by atoms with Gasteiger partial charge in [-0.15, -0.1) is 0 Å². The number of carbonyl (C=O) groups is 4. The van der Waals surface area contributed by atoms with Crippen molar-refractivity contribution in [2.75, 3.05) is 13.7 Å². The molecule has 3 aliphatic rings. The van der Waals surface area contributed by atoms with Gasteiger partial charge in [0.15, 0.2) is 36.5 Å². The van der Waals surface area contributed by atoms with Gasteiger partial charge in [-0.25, -0.2) is 0 Å². The Kier molecular flexibility index (Phi) is 10.9. The van der Waals surface area contributed by atoms with Gasteiger partial charge in [0.2, 0.25) is 6.29 Å². The first-order valence-electron chi connectivity index (χ1n) is 14.4. The van der Waals surface area contributed by atoms with E-state index in [9.17, 15) is 19.2 Å². The molecule has 0 aliphatic carbocycles. The van der Waals surface area contributed by atoms with Gasteiger partial charge in [0.05, 0.1) is 13.2 Å². The Labute approximate surface area is 260 Å². The Bertz CT molecular complexity index is 1220. The number of methoxy groups -OCH3 is 1. The first-order valence-corrected chi connectivity index (χ1v) is 14.4. The van der Waals surface area contributed by atoms with E-state index < -0.39 is 97.7 Å². The minimum atomic E-state index is -1.44. The van der Waals surface area contributed by atoms with E-state index >= 15 is 0 Å². The van der Waals surface area contributed by atoms with Crippen LogP contribution < -0.4 is 9.47 Å². The molecular formula is C30H40O15. The SMILES string of the molecule is COc1ccc(O[C@@H]2O[C@@H](C)[C@H](O[C@@H]3O[C@H](COC(C)=O)[C@@H](OC(C)=O)[C@H](OC(C)=O)[C@H]3OC(C)=O)[C@H]3OC(C)(C)O[C@@H]23)cc1. The summed E-state index contributed by atoms with van der Waals surface area (Å²) >= 11 is 0. The van der Waals surface area contributed by atoms with Crippen molar-refractivity contribution in [3.8, 4) is 11.5 Å². The molecule has 45 heavy (non-hydrogen) atoms. The van der Waals surface area contributed by atoms with Gasteiger partial charge in [-0.1, -0.05) is 0 Å². The van der Waals surface area contributed by atoms with E-state index in [1.54, 1.807) is 52.1 Å². The zero-order chi connectivity index (χ0) is 33.1. The Balaban J connectivity index is 1.64. The minimum Gasteiger partial charge on any atom is -0.497 e. The highest BCUT2D eigenvalue weighted by Gasteiger charge is 2.59. The molecule has 3 saturated heterocycles. The third-order valence-electron chi connectivity index (χ3n) is 7.12. The van der Waals surface area contributed by atoms with Crippen LogP contribution >= 0.6 is 0 Å². The quantitative estimate of drug-likeness (QED) is 0.268. The molecule has 0 saturated carbocycles. The molecule has 0 unspecified atom stereocenters. The number of hydrogen-bond acceptors (Lipinski definition) is 15. The maximum atomic E-state index is 12.3. The summed E-state index contributed by atoms with van der Waals surface area (Å²) in [5.41, 5.74) is 0. The number of benzene rings is 1. The fourth-order valence-electron chi connectivity index (χ4n) is 5.44. The highest BCUT2D eigenvalue weighted by atomic mass is 16.8. The standard InChI is InChI=1S/C30H40O15/c1-14-22(25-27(45-30(6,7)44-25)29(37-14)41-20-11-9-19(35-8)10-12-20)43-28-26(40-18(5)34)24(39-17(4)33)23(38-16(3)32)21(42-28)13-36-15(2)31/h9-12,14,21-29H,13H2,1-8H3/t14-,21+,22-,23+,24-,25+,26+,27+,28-,29-/m0/s1. The summed E-state index contributed by atoms with van der Waals surface area (Å²) in [7, 11) is 1.56. The predicted molar refractivity (Wildman–Crippen MR) is 149 cm³/mol. The van der Waals surface area contributed by atoms with Crippen molar-refractivity contribution in [2.45, 2.75) is 116 Å². The molecule has 0 N–H and O–H groups in total. The highest BCUT2D eigenvalue weighted by molar-refractivity contribution is 5.68. The van der Waals surface area contributed by atoms with Gasteiger partial charge in [0.25, 0.3) is 0 Å². The summed E-state index contributed by atoms with van der Waals surface area (Å²) in [4.78, 5) is 48.2. The largest absolute Gasteiger partial charge is 0.497 e. The molecule has 4 rings (SSSR count). The molecule has 0 bridgehead atoms. The van der Waals surface area contributed by atoms with Crippen molar-refractivity contribution in [3.63, 3.8) is 0 Å². The first-order chi connectivity index (χ1) is 21.2. The molecule has 3 fully saturated rings. The average Bonchev–Trinajstić information content (AvgIpc) is 3.27.